The highest BCUT2D eigenvalue weighted by atomic mass is 79.9. The predicted octanol–water partition coefficient (Wildman–Crippen LogP) is 3.88. The summed E-state index contributed by atoms with van der Waals surface area (Å²) in [5.41, 5.74) is 1.91. The Morgan fingerprint density at radius 2 is 1.65 bits per heavy atom. The van der Waals surface area contributed by atoms with E-state index >= 15 is 0 Å². The molecule has 0 heterocycles. The first kappa shape index (κ1) is 20.0. The van der Waals surface area contributed by atoms with Gasteiger partial charge in [0.25, 0.3) is 5.91 Å². The highest BCUT2D eigenvalue weighted by Gasteiger charge is 2.13. The van der Waals surface area contributed by atoms with Gasteiger partial charge in [-0.3, -0.25) is 9.59 Å². The SMILES string of the molecule is CC(C)(C)c1ccc(OCC(=O)NCC(=O)Nc2ccccc2Br)cc1. The number of rotatable bonds is 6. The predicted molar refractivity (Wildman–Crippen MR) is 106 cm³/mol. The van der Waals surface area contributed by atoms with Crippen molar-refractivity contribution in [3.63, 3.8) is 0 Å². The Kier molecular flexibility index (Phi) is 6.80. The Hall–Kier alpha value is -2.34. The minimum atomic E-state index is -0.354. The Morgan fingerprint density at radius 1 is 1.00 bits per heavy atom. The molecule has 0 radical (unpaired) electrons. The van der Waals surface area contributed by atoms with Gasteiger partial charge in [-0.25, -0.2) is 0 Å². The molecule has 0 aliphatic heterocycles. The van der Waals surface area contributed by atoms with E-state index in [4.69, 9.17) is 4.74 Å². The van der Waals surface area contributed by atoms with Crippen LogP contribution in [0.4, 0.5) is 5.69 Å². The first-order chi connectivity index (χ1) is 12.3. The third-order valence-corrected chi connectivity index (χ3v) is 4.38. The van der Waals surface area contributed by atoms with Crippen molar-refractivity contribution < 1.29 is 14.3 Å². The Balaban J connectivity index is 1.75. The number of ether oxygens (including phenoxy) is 1. The first-order valence-electron chi connectivity index (χ1n) is 8.30. The number of benzene rings is 2. The fraction of sp³-hybridized carbons (Fsp3) is 0.300. The van der Waals surface area contributed by atoms with E-state index in [1.54, 1.807) is 6.07 Å². The van der Waals surface area contributed by atoms with Gasteiger partial charge in [-0.2, -0.15) is 0 Å². The summed E-state index contributed by atoms with van der Waals surface area (Å²) >= 11 is 3.35. The number of para-hydroxylation sites is 1. The maximum Gasteiger partial charge on any atom is 0.258 e. The molecule has 0 spiro atoms. The maximum absolute atomic E-state index is 11.9. The van der Waals surface area contributed by atoms with Crippen molar-refractivity contribution in [2.45, 2.75) is 26.2 Å². The third kappa shape index (κ3) is 6.19. The van der Waals surface area contributed by atoms with E-state index in [2.05, 4.69) is 47.3 Å². The van der Waals surface area contributed by atoms with Gasteiger partial charge in [0.15, 0.2) is 6.61 Å². The Labute approximate surface area is 162 Å². The normalized spacial score (nSPS) is 10.9. The van der Waals surface area contributed by atoms with Crippen LogP contribution in [0.15, 0.2) is 53.0 Å². The molecule has 5 nitrogen and oxygen atoms in total. The largest absolute Gasteiger partial charge is 0.484 e. The van der Waals surface area contributed by atoms with Gasteiger partial charge in [-0.15, -0.1) is 0 Å². The lowest BCUT2D eigenvalue weighted by molar-refractivity contribution is -0.125. The summed E-state index contributed by atoms with van der Waals surface area (Å²) in [4.78, 5) is 23.7. The van der Waals surface area contributed by atoms with Gasteiger partial charge in [-0.05, 0) is 51.2 Å². The average molecular weight is 419 g/mol. The molecule has 2 N–H and O–H groups in total. The lowest BCUT2D eigenvalue weighted by atomic mass is 9.87. The molecular formula is C20H23BrN2O3. The zero-order valence-electron chi connectivity index (χ0n) is 15.1. The van der Waals surface area contributed by atoms with Crippen molar-refractivity contribution in [3.05, 3.63) is 58.6 Å². The highest BCUT2D eigenvalue weighted by molar-refractivity contribution is 9.10. The summed E-state index contributed by atoms with van der Waals surface area (Å²) in [6.07, 6.45) is 0. The number of anilines is 1. The summed E-state index contributed by atoms with van der Waals surface area (Å²) in [5.74, 6) is -0.0437. The lowest BCUT2D eigenvalue weighted by Gasteiger charge is -2.19. The van der Waals surface area contributed by atoms with Crippen LogP contribution in [0.3, 0.4) is 0 Å². The molecule has 138 valence electrons. The molecule has 0 saturated heterocycles. The van der Waals surface area contributed by atoms with E-state index in [9.17, 15) is 9.59 Å². The fourth-order valence-electron chi connectivity index (χ4n) is 2.19. The minimum absolute atomic E-state index is 0.0665. The molecule has 0 fully saturated rings. The molecule has 2 rings (SSSR count). The first-order valence-corrected chi connectivity index (χ1v) is 9.09. The summed E-state index contributed by atoms with van der Waals surface area (Å²) < 4.78 is 6.23. The van der Waals surface area contributed by atoms with Gasteiger partial charge >= 0.3 is 0 Å². The van der Waals surface area contributed by atoms with Crippen molar-refractivity contribution in [2.24, 2.45) is 0 Å². The molecule has 2 aromatic carbocycles. The molecular weight excluding hydrogens is 396 g/mol. The van der Waals surface area contributed by atoms with Crippen LogP contribution in [0.1, 0.15) is 26.3 Å². The van der Waals surface area contributed by atoms with Crippen LogP contribution >= 0.6 is 15.9 Å². The smallest absolute Gasteiger partial charge is 0.258 e. The van der Waals surface area contributed by atoms with Gasteiger partial charge in [0.05, 0.1) is 12.2 Å². The molecule has 0 atom stereocenters. The summed E-state index contributed by atoms with van der Waals surface area (Å²) in [6, 6.07) is 14.9. The molecule has 0 aliphatic rings. The number of carbonyl (C=O) groups is 2. The van der Waals surface area contributed by atoms with Gasteiger partial charge < -0.3 is 15.4 Å². The third-order valence-electron chi connectivity index (χ3n) is 3.68. The van der Waals surface area contributed by atoms with Crippen LogP contribution in [0.5, 0.6) is 5.75 Å². The van der Waals surface area contributed by atoms with E-state index in [1.807, 2.05) is 42.5 Å². The second-order valence-electron chi connectivity index (χ2n) is 6.87. The minimum Gasteiger partial charge on any atom is -0.484 e. The second-order valence-corrected chi connectivity index (χ2v) is 7.72. The molecule has 0 aliphatic carbocycles. The monoisotopic (exact) mass is 418 g/mol. The summed E-state index contributed by atoms with van der Waals surface area (Å²) in [5, 5.41) is 5.26. The van der Waals surface area contributed by atoms with Gasteiger partial charge in [0, 0.05) is 4.47 Å². The van der Waals surface area contributed by atoms with E-state index < -0.39 is 0 Å². The number of nitrogens with one attached hydrogen (secondary N) is 2. The molecule has 2 aromatic rings. The maximum atomic E-state index is 11.9. The average Bonchev–Trinajstić information content (AvgIpc) is 2.60. The quantitative estimate of drug-likeness (QED) is 0.747. The number of carbonyl (C=O) groups excluding carboxylic acids is 2. The highest BCUT2D eigenvalue weighted by Crippen LogP contribution is 2.24. The molecule has 26 heavy (non-hydrogen) atoms. The van der Waals surface area contributed by atoms with Crippen molar-refractivity contribution in [3.8, 4) is 5.75 Å². The number of halogens is 1. The fourth-order valence-corrected chi connectivity index (χ4v) is 2.57. The molecule has 0 unspecified atom stereocenters. The number of amides is 2. The zero-order valence-corrected chi connectivity index (χ0v) is 16.7. The van der Waals surface area contributed by atoms with E-state index in [0.717, 1.165) is 4.47 Å². The second kappa shape index (κ2) is 8.85. The number of hydrogen-bond donors (Lipinski definition) is 2. The van der Waals surface area contributed by atoms with Gasteiger partial charge in [0.2, 0.25) is 5.91 Å². The lowest BCUT2D eigenvalue weighted by Crippen LogP contribution is -2.35. The van der Waals surface area contributed by atoms with Crippen LogP contribution < -0.4 is 15.4 Å². The summed E-state index contributed by atoms with van der Waals surface area (Å²) in [7, 11) is 0. The van der Waals surface area contributed by atoms with Gasteiger partial charge in [0.1, 0.15) is 5.75 Å². The van der Waals surface area contributed by atoms with Crippen LogP contribution in [0, 0.1) is 0 Å². The number of hydrogen-bond acceptors (Lipinski definition) is 3. The van der Waals surface area contributed by atoms with Crippen molar-refractivity contribution >= 4 is 33.4 Å². The van der Waals surface area contributed by atoms with Crippen LogP contribution in [-0.4, -0.2) is 25.0 Å². The van der Waals surface area contributed by atoms with E-state index in [-0.39, 0.29) is 30.4 Å². The Morgan fingerprint density at radius 3 is 2.27 bits per heavy atom. The topological polar surface area (TPSA) is 67.4 Å². The van der Waals surface area contributed by atoms with E-state index in [0.29, 0.717) is 11.4 Å². The van der Waals surface area contributed by atoms with Gasteiger partial charge in [-0.1, -0.05) is 45.0 Å². The molecule has 0 saturated carbocycles. The van der Waals surface area contributed by atoms with Crippen molar-refractivity contribution in [1.82, 2.24) is 5.32 Å². The van der Waals surface area contributed by atoms with Crippen LogP contribution in [0.2, 0.25) is 0 Å². The van der Waals surface area contributed by atoms with Crippen molar-refractivity contribution in [2.75, 3.05) is 18.5 Å². The molecule has 0 bridgehead atoms. The Bertz CT molecular complexity index is 767. The standard InChI is InChI=1S/C20H23BrN2O3/c1-20(2,3)14-8-10-15(11-9-14)26-13-19(25)22-12-18(24)23-17-7-5-4-6-16(17)21/h4-11H,12-13H2,1-3H3,(H,22,25)(H,23,24). The zero-order chi connectivity index (χ0) is 19.2. The molecule has 6 heteroatoms. The van der Waals surface area contributed by atoms with Crippen molar-refractivity contribution in [1.29, 1.82) is 0 Å². The molecule has 0 aromatic heterocycles. The van der Waals surface area contributed by atoms with Crippen LogP contribution in [0.25, 0.3) is 0 Å². The summed E-state index contributed by atoms with van der Waals surface area (Å²) in [6.45, 7) is 6.14. The van der Waals surface area contributed by atoms with E-state index in [1.165, 1.54) is 5.56 Å². The molecule has 2 amide bonds. The van der Waals surface area contributed by atoms with Crippen LogP contribution in [-0.2, 0) is 15.0 Å².